The summed E-state index contributed by atoms with van der Waals surface area (Å²) in [5.41, 5.74) is 16.4. The number of aromatic amines is 1. The second-order valence-electron chi connectivity index (χ2n) is 8.18. The van der Waals surface area contributed by atoms with Gasteiger partial charge < -0.3 is 10.5 Å². The zero-order valence-electron chi connectivity index (χ0n) is 17.8. The van der Waals surface area contributed by atoms with Gasteiger partial charge in [-0.25, -0.2) is 0 Å². The molecule has 0 saturated carbocycles. The van der Waals surface area contributed by atoms with Gasteiger partial charge in [0.25, 0.3) is 5.91 Å². The Morgan fingerprint density at radius 3 is 2.85 bits per heavy atom. The molecule has 1 saturated heterocycles. The SMILES string of the molecule is CN/C=C(\[CH]=[Ni])c1n[nH]c2ccc(-c3ccc(N)c4c3CN(CC3(C(N)=O)CO3)C4=O)cc12. The van der Waals surface area contributed by atoms with Crippen LogP contribution in [0.15, 0.2) is 36.5 Å². The number of amides is 2. The summed E-state index contributed by atoms with van der Waals surface area (Å²) in [7, 11) is 1.80. The zero-order valence-corrected chi connectivity index (χ0v) is 18.7. The van der Waals surface area contributed by atoms with Crippen LogP contribution in [-0.2, 0) is 31.1 Å². The van der Waals surface area contributed by atoms with Crippen molar-refractivity contribution < 1.29 is 29.4 Å². The minimum atomic E-state index is -1.10. The van der Waals surface area contributed by atoms with Crippen LogP contribution in [-0.4, -0.2) is 57.7 Å². The van der Waals surface area contributed by atoms with Crippen LogP contribution in [0.25, 0.3) is 27.6 Å². The van der Waals surface area contributed by atoms with Crippen LogP contribution in [0.1, 0.15) is 21.6 Å². The van der Waals surface area contributed by atoms with Gasteiger partial charge in [-0.3, -0.25) is 4.79 Å². The van der Waals surface area contributed by atoms with Gasteiger partial charge in [-0.15, -0.1) is 0 Å². The molecule has 0 radical (unpaired) electrons. The molecule has 1 unspecified atom stereocenters. The van der Waals surface area contributed by atoms with Gasteiger partial charge in [0.05, 0.1) is 6.61 Å². The summed E-state index contributed by atoms with van der Waals surface area (Å²) >= 11 is 4.84. The maximum absolute atomic E-state index is 13.1. The number of rotatable bonds is 7. The summed E-state index contributed by atoms with van der Waals surface area (Å²) in [5.74, 6) is -0.797. The number of allylic oxidation sites excluding steroid dienone is 1. The molecule has 10 heteroatoms. The molecule has 0 aliphatic carbocycles. The molecule has 2 aliphatic heterocycles. The Balaban J connectivity index is 1.57. The van der Waals surface area contributed by atoms with Crippen LogP contribution in [0, 0.1) is 0 Å². The van der Waals surface area contributed by atoms with E-state index in [1.165, 1.54) is 0 Å². The fourth-order valence-electron chi connectivity index (χ4n) is 4.30. The molecule has 6 N–H and O–H groups in total. The molecule has 9 nitrogen and oxygen atoms in total. The van der Waals surface area contributed by atoms with Gasteiger partial charge in [0, 0.05) is 0 Å². The molecular weight excluding hydrogens is 467 g/mol. The van der Waals surface area contributed by atoms with Crippen molar-refractivity contribution in [2.45, 2.75) is 12.1 Å². The number of fused-ring (bicyclic) bond motifs is 2. The van der Waals surface area contributed by atoms with Crippen molar-refractivity contribution in [3.63, 3.8) is 0 Å². The first kappa shape index (κ1) is 21.4. The quantitative estimate of drug-likeness (QED) is 0.221. The molecule has 2 amide bonds. The van der Waals surface area contributed by atoms with Gasteiger partial charge in [-0.05, 0) is 0 Å². The number of ether oxygens (including phenoxy) is 1. The minimum absolute atomic E-state index is 0.105. The molecule has 172 valence electrons. The number of anilines is 1. The number of primary amides is 1. The Morgan fingerprint density at radius 2 is 2.18 bits per heavy atom. The summed E-state index contributed by atoms with van der Waals surface area (Å²) in [6.45, 7) is 0.636. The van der Waals surface area contributed by atoms with Crippen LogP contribution in [0.4, 0.5) is 5.69 Å². The third-order valence-electron chi connectivity index (χ3n) is 6.13. The van der Waals surface area contributed by atoms with Crippen LogP contribution >= 0.6 is 0 Å². The predicted octanol–water partition coefficient (Wildman–Crippen LogP) is 0.932. The number of H-pyrrole nitrogens is 1. The normalized spacial score (nSPS) is 19.7. The number of nitrogen functional groups attached to an aromatic ring is 1. The number of nitrogens with one attached hydrogen (secondary N) is 2. The Labute approximate surface area is 197 Å². The molecule has 1 aromatic heterocycles. The third kappa shape index (κ3) is 3.42. The van der Waals surface area contributed by atoms with E-state index in [2.05, 4.69) is 15.5 Å². The molecule has 2 aliphatic rings. The van der Waals surface area contributed by atoms with Gasteiger partial charge in [-0.1, -0.05) is 0 Å². The van der Waals surface area contributed by atoms with Crippen molar-refractivity contribution in [2.24, 2.45) is 5.73 Å². The van der Waals surface area contributed by atoms with E-state index in [0.717, 1.165) is 38.9 Å². The Kier molecular flexibility index (Phi) is 5.07. The summed E-state index contributed by atoms with van der Waals surface area (Å²) in [4.78, 5) is 28.1. The van der Waals surface area contributed by atoms with Crippen molar-refractivity contribution in [1.29, 1.82) is 0 Å². The van der Waals surface area contributed by atoms with Crippen LogP contribution in [0.5, 0.6) is 0 Å². The molecule has 33 heavy (non-hydrogen) atoms. The number of hydrogen-bond acceptors (Lipinski definition) is 6. The average Bonchev–Trinajstić information content (AvgIpc) is 3.36. The van der Waals surface area contributed by atoms with Gasteiger partial charge in [0.2, 0.25) is 0 Å². The number of carbonyl (C=O) groups excluding carboxylic acids is 2. The first-order valence-electron chi connectivity index (χ1n) is 10.3. The second-order valence-corrected chi connectivity index (χ2v) is 8.46. The topological polar surface area (TPSA) is 143 Å². The van der Waals surface area contributed by atoms with E-state index in [1.54, 1.807) is 29.2 Å². The standard InChI is InChI=1S/C23H22N6O3.Ni/c1-12(8-26-2)20-15-7-13(3-6-18(15)27-28-20)14-4-5-17(24)19-16(14)9-29(21(19)30)10-23(11-32-23)22(25)31;/h1,3-8,26H,9-11,24H2,2H3,(H2,25,31)(H,27,28);/b12-8+;. The molecule has 3 heterocycles. The number of nitrogens with two attached hydrogens (primary N) is 2. The van der Waals surface area contributed by atoms with Crippen molar-refractivity contribution in [3.8, 4) is 11.1 Å². The number of aromatic nitrogens is 2. The maximum atomic E-state index is 13.1. The van der Waals surface area contributed by atoms with E-state index in [9.17, 15) is 9.59 Å². The zero-order chi connectivity index (χ0) is 23.3. The van der Waals surface area contributed by atoms with Crippen molar-refractivity contribution in [1.82, 2.24) is 20.4 Å². The number of epoxide rings is 1. The van der Waals surface area contributed by atoms with Crippen molar-refractivity contribution in [3.05, 3.63) is 53.4 Å². The van der Waals surface area contributed by atoms with Gasteiger partial charge in [0.15, 0.2) is 0 Å². The van der Waals surface area contributed by atoms with E-state index in [0.29, 0.717) is 17.8 Å². The van der Waals surface area contributed by atoms with Gasteiger partial charge in [-0.2, -0.15) is 0 Å². The summed E-state index contributed by atoms with van der Waals surface area (Å²) in [6.07, 6.45) is 1.80. The van der Waals surface area contributed by atoms with E-state index >= 15 is 0 Å². The van der Waals surface area contributed by atoms with Gasteiger partial charge in [0.1, 0.15) is 0 Å². The second kappa shape index (κ2) is 7.83. The van der Waals surface area contributed by atoms with E-state index in [1.807, 2.05) is 24.3 Å². The van der Waals surface area contributed by atoms with E-state index in [-0.39, 0.29) is 19.1 Å². The first-order chi connectivity index (χ1) is 15.9. The fourth-order valence-corrected chi connectivity index (χ4v) is 4.52. The molecular formula is C23H22N6NiO3. The number of benzene rings is 2. The van der Waals surface area contributed by atoms with Crippen LogP contribution in [0.2, 0.25) is 0 Å². The summed E-state index contributed by atoms with van der Waals surface area (Å²) in [5, 5.41) is 11.4. The Morgan fingerprint density at radius 1 is 1.39 bits per heavy atom. The molecule has 1 fully saturated rings. The van der Waals surface area contributed by atoms with Crippen molar-refractivity contribution in [2.75, 3.05) is 25.9 Å². The monoisotopic (exact) mass is 488 g/mol. The number of hydrogen-bond donors (Lipinski definition) is 4. The molecule has 3 aromatic rings. The molecule has 1 atom stereocenters. The molecule has 5 rings (SSSR count). The molecule has 0 bridgehead atoms. The Bertz CT molecular complexity index is 1360. The number of carbonyl (C=O) groups is 2. The average molecular weight is 489 g/mol. The number of nitrogens with zero attached hydrogens (tertiary/aromatic N) is 2. The van der Waals surface area contributed by atoms with Crippen molar-refractivity contribution >= 4 is 39.0 Å². The van der Waals surface area contributed by atoms with Crippen LogP contribution in [0.3, 0.4) is 0 Å². The molecule has 0 spiro atoms. The van der Waals surface area contributed by atoms with Crippen LogP contribution < -0.4 is 16.8 Å². The van der Waals surface area contributed by atoms with E-state index < -0.39 is 11.5 Å². The van der Waals surface area contributed by atoms with Gasteiger partial charge >= 0.3 is 169 Å². The fraction of sp³-hybridized carbons (Fsp3) is 0.217. The third-order valence-corrected chi connectivity index (χ3v) is 6.44. The summed E-state index contributed by atoms with van der Waals surface area (Å²) in [6, 6.07) is 9.59. The Hall–Kier alpha value is -3.49. The first-order valence-corrected chi connectivity index (χ1v) is 10.9. The predicted molar refractivity (Wildman–Crippen MR) is 122 cm³/mol. The van der Waals surface area contributed by atoms with E-state index in [4.69, 9.17) is 31.2 Å². The molecule has 2 aromatic carbocycles. The summed E-state index contributed by atoms with van der Waals surface area (Å²) < 4.78 is 5.29.